The number of benzene rings is 1. The fourth-order valence-corrected chi connectivity index (χ4v) is 3.13. The van der Waals surface area contributed by atoms with E-state index in [1.54, 1.807) is 6.20 Å². The van der Waals surface area contributed by atoms with Gasteiger partial charge in [-0.05, 0) is 12.1 Å². The molecule has 166 valence electrons. The lowest BCUT2D eigenvalue weighted by Crippen LogP contribution is -2.55. The Morgan fingerprint density at radius 1 is 1.00 bits per heavy atom. The van der Waals surface area contributed by atoms with E-state index in [2.05, 4.69) is 10.3 Å². The van der Waals surface area contributed by atoms with Gasteiger partial charge in [-0.3, -0.25) is 14.4 Å². The molecule has 2 aromatic rings. The summed E-state index contributed by atoms with van der Waals surface area (Å²) >= 11 is 0. The summed E-state index contributed by atoms with van der Waals surface area (Å²) in [6.07, 6.45) is -2.55. The van der Waals surface area contributed by atoms with Crippen LogP contribution in [0.5, 0.6) is 5.75 Å². The van der Waals surface area contributed by atoms with Crippen molar-refractivity contribution in [3.8, 4) is 5.75 Å². The normalized spacial score (nSPS) is 22.9. The number of carbonyl (C=O) groups is 3. The van der Waals surface area contributed by atoms with Crippen LogP contribution in [0.3, 0.4) is 0 Å². The lowest BCUT2D eigenvalue weighted by atomic mass is 10.0. The first kappa shape index (κ1) is 22.2. The molecule has 2 heterocycles. The summed E-state index contributed by atoms with van der Waals surface area (Å²) in [5, 5.41) is 8.08. The molecule has 1 fully saturated rings. The van der Waals surface area contributed by atoms with Crippen LogP contribution in [0.4, 0.5) is 0 Å². The largest absolute Gasteiger partial charge is 0.487 e. The molecule has 1 aliphatic rings. The van der Waals surface area contributed by atoms with Gasteiger partial charge in [0.25, 0.3) is 0 Å². The third-order valence-electron chi connectivity index (χ3n) is 4.27. The molecule has 1 aromatic carbocycles. The SMILES string of the molecule is CC(=O)O[C@@H]1[C@@H](OC(C)=O)[C@H](OC(C)=O)CO[C@H]1n1cc(COc2ccccc2)nn1. The molecular weight excluding hydrogens is 410 g/mol. The van der Waals surface area contributed by atoms with Gasteiger partial charge in [-0.25, -0.2) is 4.68 Å². The van der Waals surface area contributed by atoms with Crippen molar-refractivity contribution in [2.75, 3.05) is 6.61 Å². The summed E-state index contributed by atoms with van der Waals surface area (Å²) < 4.78 is 28.6. The number of para-hydroxylation sites is 1. The molecule has 3 rings (SSSR count). The Balaban J connectivity index is 1.79. The zero-order chi connectivity index (χ0) is 22.4. The van der Waals surface area contributed by atoms with E-state index in [4.69, 9.17) is 23.7 Å². The van der Waals surface area contributed by atoms with Crippen molar-refractivity contribution >= 4 is 17.9 Å². The van der Waals surface area contributed by atoms with Crippen molar-refractivity contribution in [2.24, 2.45) is 0 Å². The van der Waals surface area contributed by atoms with Gasteiger partial charge >= 0.3 is 17.9 Å². The van der Waals surface area contributed by atoms with Crippen LogP contribution < -0.4 is 4.74 Å². The van der Waals surface area contributed by atoms with Gasteiger partial charge in [0.1, 0.15) is 18.1 Å². The molecule has 1 aliphatic heterocycles. The van der Waals surface area contributed by atoms with Gasteiger partial charge < -0.3 is 23.7 Å². The first-order chi connectivity index (χ1) is 14.8. The first-order valence-corrected chi connectivity index (χ1v) is 9.55. The maximum absolute atomic E-state index is 11.7. The lowest BCUT2D eigenvalue weighted by molar-refractivity contribution is -0.241. The van der Waals surface area contributed by atoms with Crippen LogP contribution in [0.15, 0.2) is 36.5 Å². The van der Waals surface area contributed by atoms with Crippen LogP contribution in [0.25, 0.3) is 0 Å². The number of ether oxygens (including phenoxy) is 5. The Kier molecular flexibility index (Phi) is 7.19. The molecule has 4 atom stereocenters. The average Bonchev–Trinajstić information content (AvgIpc) is 3.17. The highest BCUT2D eigenvalue weighted by atomic mass is 16.6. The Labute approximate surface area is 178 Å². The van der Waals surface area contributed by atoms with Gasteiger partial charge in [-0.2, -0.15) is 0 Å². The zero-order valence-electron chi connectivity index (χ0n) is 17.3. The van der Waals surface area contributed by atoms with E-state index >= 15 is 0 Å². The maximum atomic E-state index is 11.7. The lowest BCUT2D eigenvalue weighted by Gasteiger charge is -2.40. The molecule has 1 saturated heterocycles. The van der Waals surface area contributed by atoms with E-state index < -0.39 is 42.4 Å². The number of nitrogens with zero attached hydrogens (tertiary/aromatic N) is 3. The first-order valence-electron chi connectivity index (χ1n) is 9.55. The van der Waals surface area contributed by atoms with Gasteiger partial charge in [0.05, 0.1) is 12.8 Å². The van der Waals surface area contributed by atoms with Gasteiger partial charge in [0.15, 0.2) is 24.5 Å². The number of rotatable bonds is 7. The summed E-state index contributed by atoms with van der Waals surface area (Å²) in [5.74, 6) is -1.18. The molecule has 11 heteroatoms. The summed E-state index contributed by atoms with van der Waals surface area (Å²) in [6, 6.07) is 9.19. The molecule has 0 amide bonds. The van der Waals surface area contributed by atoms with Crippen molar-refractivity contribution in [1.29, 1.82) is 0 Å². The minimum atomic E-state index is -1.12. The van der Waals surface area contributed by atoms with E-state index in [0.717, 1.165) is 0 Å². The fraction of sp³-hybridized carbons (Fsp3) is 0.450. The number of aromatic nitrogens is 3. The number of esters is 3. The fourth-order valence-electron chi connectivity index (χ4n) is 3.13. The average molecular weight is 433 g/mol. The van der Waals surface area contributed by atoms with E-state index in [-0.39, 0.29) is 13.2 Å². The second-order valence-electron chi connectivity index (χ2n) is 6.81. The van der Waals surface area contributed by atoms with Crippen LogP contribution in [-0.4, -0.2) is 57.8 Å². The smallest absolute Gasteiger partial charge is 0.303 e. The third kappa shape index (κ3) is 6.01. The molecule has 0 aliphatic carbocycles. The van der Waals surface area contributed by atoms with Crippen molar-refractivity contribution in [1.82, 2.24) is 15.0 Å². The van der Waals surface area contributed by atoms with Gasteiger partial charge in [-0.1, -0.05) is 23.4 Å². The molecule has 1 aromatic heterocycles. The van der Waals surface area contributed by atoms with Crippen molar-refractivity contribution in [2.45, 2.75) is 51.9 Å². The third-order valence-corrected chi connectivity index (χ3v) is 4.27. The molecule has 0 N–H and O–H groups in total. The van der Waals surface area contributed by atoms with Crippen molar-refractivity contribution in [3.63, 3.8) is 0 Å². The van der Waals surface area contributed by atoms with Gasteiger partial charge in [0.2, 0.25) is 0 Å². The van der Waals surface area contributed by atoms with Crippen LogP contribution in [0.2, 0.25) is 0 Å². The molecule has 0 bridgehead atoms. The summed E-state index contributed by atoms with van der Waals surface area (Å²) in [5.41, 5.74) is 0.500. The predicted octanol–water partition coefficient (Wildman–Crippen LogP) is 1.18. The van der Waals surface area contributed by atoms with E-state index in [1.807, 2.05) is 30.3 Å². The van der Waals surface area contributed by atoms with Gasteiger partial charge in [-0.15, -0.1) is 5.10 Å². The van der Waals surface area contributed by atoms with Crippen LogP contribution in [0, 0.1) is 0 Å². The Bertz CT molecular complexity index is 916. The second kappa shape index (κ2) is 10.0. The molecule has 0 radical (unpaired) electrons. The van der Waals surface area contributed by atoms with Crippen molar-refractivity contribution in [3.05, 3.63) is 42.2 Å². The van der Waals surface area contributed by atoms with Crippen LogP contribution in [-0.2, 0) is 39.9 Å². The number of hydrogen-bond acceptors (Lipinski definition) is 10. The highest BCUT2D eigenvalue weighted by molar-refractivity contribution is 5.68. The predicted molar refractivity (Wildman–Crippen MR) is 102 cm³/mol. The maximum Gasteiger partial charge on any atom is 0.303 e. The monoisotopic (exact) mass is 433 g/mol. The highest BCUT2D eigenvalue weighted by Crippen LogP contribution is 2.30. The molecule has 0 spiro atoms. The summed E-state index contributed by atoms with van der Waals surface area (Å²) in [7, 11) is 0. The molecule has 11 nitrogen and oxygen atoms in total. The minimum absolute atomic E-state index is 0.102. The molecule has 0 saturated carbocycles. The topological polar surface area (TPSA) is 128 Å². The second-order valence-corrected chi connectivity index (χ2v) is 6.81. The number of hydrogen-bond donors (Lipinski definition) is 0. The Morgan fingerprint density at radius 2 is 1.65 bits per heavy atom. The highest BCUT2D eigenvalue weighted by Gasteiger charge is 2.48. The van der Waals surface area contributed by atoms with E-state index in [1.165, 1.54) is 25.5 Å². The molecule has 31 heavy (non-hydrogen) atoms. The Hall–Kier alpha value is -3.47. The quantitative estimate of drug-likeness (QED) is 0.464. The molecule has 0 unspecified atom stereocenters. The Morgan fingerprint density at radius 3 is 2.29 bits per heavy atom. The number of carbonyl (C=O) groups excluding carboxylic acids is 3. The van der Waals surface area contributed by atoms with E-state index in [0.29, 0.717) is 11.4 Å². The van der Waals surface area contributed by atoms with Gasteiger partial charge in [0, 0.05) is 20.8 Å². The van der Waals surface area contributed by atoms with Crippen LogP contribution in [0.1, 0.15) is 32.7 Å². The standard InChI is InChI=1S/C20H23N3O8/c1-12(24)29-17-11-28-20(19(31-14(3)26)18(17)30-13(2)25)23-9-15(21-22-23)10-27-16-7-5-4-6-8-16/h4-9,17-20H,10-11H2,1-3H3/t17-,18+,19-,20-/m1/s1. The zero-order valence-corrected chi connectivity index (χ0v) is 17.3. The van der Waals surface area contributed by atoms with E-state index in [9.17, 15) is 14.4 Å². The minimum Gasteiger partial charge on any atom is -0.487 e. The molecular formula is C20H23N3O8. The van der Waals surface area contributed by atoms with Crippen molar-refractivity contribution < 1.29 is 38.1 Å². The summed E-state index contributed by atoms with van der Waals surface area (Å²) in [4.78, 5) is 34.8. The summed E-state index contributed by atoms with van der Waals surface area (Å²) in [6.45, 7) is 3.68. The van der Waals surface area contributed by atoms with Crippen LogP contribution >= 0.6 is 0 Å².